The quantitative estimate of drug-likeness (QED) is 0.182. The fourth-order valence-electron chi connectivity index (χ4n) is 6.04. The van der Waals surface area contributed by atoms with Crippen LogP contribution in [-0.4, -0.2) is 72.3 Å². The first-order valence-electron chi connectivity index (χ1n) is 14.6. The summed E-state index contributed by atoms with van der Waals surface area (Å²) in [5.74, 6) is -2.14. The monoisotopic (exact) mass is 600 g/mol. The minimum Gasteiger partial charge on any atom is -0.392 e. The summed E-state index contributed by atoms with van der Waals surface area (Å²) in [5.41, 5.74) is -5.14. The molecule has 0 saturated carbocycles. The van der Waals surface area contributed by atoms with Gasteiger partial charge in [-0.25, -0.2) is 0 Å². The van der Waals surface area contributed by atoms with Gasteiger partial charge < -0.3 is 21.1 Å². The van der Waals surface area contributed by atoms with Crippen molar-refractivity contribution in [2.45, 2.75) is 86.7 Å². The molecule has 0 bridgehead atoms. The molecule has 1 rings (SSSR count). The van der Waals surface area contributed by atoms with Crippen molar-refractivity contribution in [1.82, 2.24) is 20.9 Å². The lowest BCUT2D eigenvalue weighted by Crippen LogP contribution is -2.54. The summed E-state index contributed by atoms with van der Waals surface area (Å²) in [6, 6.07) is 4.59. The van der Waals surface area contributed by atoms with Crippen LogP contribution in [0.25, 0.3) is 0 Å². The van der Waals surface area contributed by atoms with Crippen molar-refractivity contribution in [2.75, 3.05) is 26.7 Å². The summed E-state index contributed by atoms with van der Waals surface area (Å²) in [4.78, 5) is 64.5. The topological polar surface area (TPSA) is 192 Å². The summed E-state index contributed by atoms with van der Waals surface area (Å²) < 4.78 is 0. The number of imide groups is 1. The summed E-state index contributed by atoms with van der Waals surface area (Å²) in [7, 11) is 1.43. The van der Waals surface area contributed by atoms with Gasteiger partial charge in [-0.1, -0.05) is 20.8 Å². The normalized spacial score (nSPS) is 19.2. The Morgan fingerprint density at radius 2 is 1.53 bits per heavy atom. The van der Waals surface area contributed by atoms with Gasteiger partial charge in [0.15, 0.2) is 0 Å². The molecule has 12 nitrogen and oxygen atoms in total. The van der Waals surface area contributed by atoms with Crippen molar-refractivity contribution in [3.05, 3.63) is 12.2 Å². The second-order valence-electron chi connectivity index (χ2n) is 13.1. The van der Waals surface area contributed by atoms with E-state index < -0.39 is 57.3 Å². The molecule has 0 aromatic heterocycles. The molecule has 4 N–H and O–H groups in total. The molecule has 1 aliphatic heterocycles. The molecule has 1 aliphatic rings. The Kier molecular flexibility index (Phi) is 13.1. The molecule has 0 saturated heterocycles. The summed E-state index contributed by atoms with van der Waals surface area (Å²) in [6.45, 7) is 12.1. The highest BCUT2D eigenvalue weighted by molar-refractivity contribution is 6.12. The van der Waals surface area contributed by atoms with Crippen LogP contribution in [0.1, 0.15) is 80.6 Å². The van der Waals surface area contributed by atoms with E-state index in [2.05, 4.69) is 28.1 Å². The number of amides is 5. The van der Waals surface area contributed by atoms with Gasteiger partial charge in [-0.15, -0.1) is 0 Å². The molecule has 238 valence electrons. The molecule has 0 aromatic rings. The first-order chi connectivity index (χ1) is 19.8. The lowest BCUT2D eigenvalue weighted by atomic mass is 9.55. The van der Waals surface area contributed by atoms with Crippen molar-refractivity contribution in [3.63, 3.8) is 0 Å². The largest absolute Gasteiger partial charge is 0.392 e. The predicted octanol–water partition coefficient (Wildman–Crippen LogP) is 1.95. The van der Waals surface area contributed by atoms with Crippen LogP contribution < -0.4 is 16.0 Å². The molecule has 1 heterocycles. The van der Waals surface area contributed by atoms with Gasteiger partial charge in [-0.2, -0.15) is 10.5 Å². The molecular formula is C31H48N6O6. The van der Waals surface area contributed by atoms with Gasteiger partial charge in [0.05, 0.1) is 34.5 Å². The van der Waals surface area contributed by atoms with E-state index in [0.717, 1.165) is 17.1 Å². The molecule has 43 heavy (non-hydrogen) atoms. The highest BCUT2D eigenvalue weighted by Crippen LogP contribution is 2.53. The Bertz CT molecular complexity index is 1170. The summed E-state index contributed by atoms with van der Waals surface area (Å²) in [5, 5.41) is 38.4. The second kappa shape index (κ2) is 15.1. The first kappa shape index (κ1) is 37.3. The number of hydrogen-bond donors (Lipinski definition) is 4. The summed E-state index contributed by atoms with van der Waals surface area (Å²) in [6.07, 6.45) is 1.80. The van der Waals surface area contributed by atoms with Gasteiger partial charge in [0.2, 0.25) is 17.7 Å². The van der Waals surface area contributed by atoms with Crippen LogP contribution in [0, 0.1) is 50.2 Å². The Morgan fingerprint density at radius 1 is 0.953 bits per heavy atom. The lowest BCUT2D eigenvalue weighted by Gasteiger charge is -2.46. The smallest absolute Gasteiger partial charge is 0.253 e. The van der Waals surface area contributed by atoms with E-state index in [-0.39, 0.29) is 51.2 Å². The molecule has 0 radical (unpaired) electrons. The maximum atomic E-state index is 13.7. The first-order valence-corrected chi connectivity index (χ1v) is 14.6. The van der Waals surface area contributed by atoms with Crippen molar-refractivity contribution in [2.24, 2.45) is 27.6 Å². The maximum Gasteiger partial charge on any atom is 0.253 e. The van der Waals surface area contributed by atoms with Crippen LogP contribution in [0.4, 0.5) is 0 Å². The zero-order valence-corrected chi connectivity index (χ0v) is 26.8. The van der Waals surface area contributed by atoms with Crippen LogP contribution in [0.15, 0.2) is 12.2 Å². The minimum atomic E-state index is -1.48. The van der Waals surface area contributed by atoms with E-state index in [0.29, 0.717) is 6.42 Å². The van der Waals surface area contributed by atoms with Crippen molar-refractivity contribution >= 4 is 29.5 Å². The number of nitrogens with one attached hydrogen (secondary N) is 3. The van der Waals surface area contributed by atoms with Gasteiger partial charge in [0.1, 0.15) is 0 Å². The zero-order chi connectivity index (χ0) is 33.2. The number of rotatable bonds is 17. The highest BCUT2D eigenvalue weighted by atomic mass is 16.3. The van der Waals surface area contributed by atoms with Crippen LogP contribution in [0.2, 0.25) is 0 Å². The third kappa shape index (κ3) is 9.62. The van der Waals surface area contributed by atoms with E-state index in [9.17, 15) is 39.6 Å². The third-order valence-electron chi connectivity index (χ3n) is 8.36. The van der Waals surface area contributed by atoms with Crippen LogP contribution >= 0.6 is 0 Å². The minimum absolute atomic E-state index is 0.00413. The van der Waals surface area contributed by atoms with E-state index in [1.807, 2.05) is 13.8 Å². The number of hydrogen-bond acceptors (Lipinski definition) is 8. The molecule has 12 heteroatoms. The molecule has 5 amide bonds. The highest BCUT2D eigenvalue weighted by Gasteiger charge is 2.56. The van der Waals surface area contributed by atoms with Crippen LogP contribution in [0.3, 0.4) is 0 Å². The molecule has 0 aromatic carbocycles. The van der Waals surface area contributed by atoms with E-state index >= 15 is 0 Å². The van der Waals surface area contributed by atoms with E-state index in [4.69, 9.17) is 0 Å². The van der Waals surface area contributed by atoms with Crippen LogP contribution in [-0.2, 0) is 24.0 Å². The van der Waals surface area contributed by atoms with Crippen molar-refractivity contribution in [3.8, 4) is 12.1 Å². The predicted molar refractivity (Wildman–Crippen MR) is 159 cm³/mol. The average Bonchev–Trinajstić information content (AvgIpc) is 3.25. The van der Waals surface area contributed by atoms with Crippen molar-refractivity contribution in [1.29, 1.82) is 10.5 Å². The van der Waals surface area contributed by atoms with E-state index in [1.54, 1.807) is 27.7 Å². The number of aliphatic hydroxyl groups excluding tert-OH is 1. The van der Waals surface area contributed by atoms with Crippen LogP contribution in [0.5, 0.6) is 0 Å². The number of nitriles is 2. The zero-order valence-electron chi connectivity index (χ0n) is 26.8. The average molecular weight is 601 g/mol. The van der Waals surface area contributed by atoms with Gasteiger partial charge in [0.25, 0.3) is 11.8 Å². The third-order valence-corrected chi connectivity index (χ3v) is 8.36. The Balaban J connectivity index is 3.32. The molecule has 5 unspecified atom stereocenters. The van der Waals surface area contributed by atoms with Gasteiger partial charge in [-0.3, -0.25) is 28.9 Å². The van der Waals surface area contributed by atoms with Crippen molar-refractivity contribution < 1.29 is 29.1 Å². The number of aliphatic hydroxyl groups is 1. The number of carbonyl (C=O) groups is 5. The SMILES string of the molecule is CNC(=O)C(C)(CC(C)(CC(C)(C#N)CC(C)C)C(=O)NCC(C)O)C(C)(C#N)CCC(=O)NCCN1C(=O)C=CC1=O. The fourth-order valence-corrected chi connectivity index (χ4v) is 6.04. The van der Waals surface area contributed by atoms with Gasteiger partial charge in [0, 0.05) is 50.7 Å². The van der Waals surface area contributed by atoms with E-state index in [1.165, 1.54) is 14.0 Å². The molecule has 5 atom stereocenters. The molecule has 0 aliphatic carbocycles. The number of nitrogens with zero attached hydrogens (tertiary/aromatic N) is 3. The fraction of sp³-hybridized carbons (Fsp3) is 0.710. The standard InChI is InChI=1S/C31H48N6O6/c1-21(2)15-28(4,19-32)17-29(5,26(42)36-16-22(3)38)18-31(7,27(43)34-8)30(6,20-33)12-11-23(39)35-13-14-37-24(40)9-10-25(37)41/h9-10,21-22,38H,11-18H2,1-8H3,(H,34,43)(H,35,39)(H,36,42). The second-order valence-corrected chi connectivity index (χ2v) is 13.1. The molecule has 0 fully saturated rings. The number of carbonyl (C=O) groups excluding carboxylic acids is 5. The molecular weight excluding hydrogens is 552 g/mol. The molecule has 0 spiro atoms. The Morgan fingerprint density at radius 3 is 2.00 bits per heavy atom. The van der Waals surface area contributed by atoms with Gasteiger partial charge in [-0.05, 0) is 59.3 Å². The Hall–Kier alpha value is -3.77. The Labute approximate surface area is 255 Å². The van der Waals surface area contributed by atoms with Gasteiger partial charge >= 0.3 is 0 Å². The lowest BCUT2D eigenvalue weighted by molar-refractivity contribution is -0.145. The summed E-state index contributed by atoms with van der Waals surface area (Å²) >= 11 is 0. The maximum absolute atomic E-state index is 13.7.